The molecule has 11 N–H and O–H groups in total. The number of aliphatic hydroxyl groups excluding tert-OH is 11. The van der Waals surface area contributed by atoms with Gasteiger partial charge >= 0.3 is 17.9 Å². The summed E-state index contributed by atoms with van der Waals surface area (Å²) >= 11 is 0. The van der Waals surface area contributed by atoms with E-state index in [1.54, 1.807) is 7.11 Å². The number of allylic oxidation sites excluding steroid dienone is 1. The Hall–Kier alpha value is -2.69. The van der Waals surface area contributed by atoms with Gasteiger partial charge in [0.25, 0.3) is 0 Å². The molecule has 0 bridgehead atoms. The molecule has 0 radical (unpaired) electrons. The average molecular weight is 1220 g/mol. The van der Waals surface area contributed by atoms with Gasteiger partial charge in [-0.3, -0.25) is 14.4 Å². The summed E-state index contributed by atoms with van der Waals surface area (Å²) in [5, 5.41) is 118. The summed E-state index contributed by atoms with van der Waals surface area (Å²) in [6, 6.07) is 0. The van der Waals surface area contributed by atoms with Crippen LogP contribution < -0.4 is 0 Å². The van der Waals surface area contributed by atoms with Crippen molar-refractivity contribution in [1.29, 1.82) is 0 Å². The Morgan fingerprint density at radius 2 is 1.27 bits per heavy atom. The first kappa shape index (κ1) is 66.7. The Morgan fingerprint density at radius 1 is 0.671 bits per heavy atom. The monoisotopic (exact) mass is 1220 g/mol. The highest BCUT2D eigenvalue weighted by Crippen LogP contribution is 2.71. The van der Waals surface area contributed by atoms with Gasteiger partial charge in [-0.05, 0) is 80.5 Å². The van der Waals surface area contributed by atoms with Crippen molar-refractivity contribution in [3.05, 3.63) is 11.6 Å². The van der Waals surface area contributed by atoms with Gasteiger partial charge in [0, 0.05) is 52.1 Å². The number of ether oxygens (including phenoxy) is 13. The second-order valence-electron chi connectivity index (χ2n) is 25.9. The van der Waals surface area contributed by atoms with Gasteiger partial charge in [-0.25, -0.2) is 0 Å². The number of carbonyl (C=O) groups excluding carboxylic acids is 3. The van der Waals surface area contributed by atoms with Crippen molar-refractivity contribution >= 4 is 17.9 Å². The average Bonchev–Trinajstić information content (AvgIpc) is 1.64. The molecule has 85 heavy (non-hydrogen) atoms. The molecular weight excluding hydrogens is 1130 g/mol. The Bertz CT molecular complexity index is 2330. The van der Waals surface area contributed by atoms with Gasteiger partial charge < -0.3 is 118 Å². The van der Waals surface area contributed by atoms with Gasteiger partial charge in [0.15, 0.2) is 49.3 Å². The predicted molar refractivity (Wildman–Crippen MR) is 285 cm³/mol. The molecule has 5 aliphatic heterocycles. The lowest BCUT2D eigenvalue weighted by Crippen LogP contribution is -2.67. The molecule has 5 heterocycles. The molecule has 4 aliphatic carbocycles. The lowest BCUT2D eigenvalue weighted by Gasteiger charge is -2.60. The third-order valence-corrected chi connectivity index (χ3v) is 20.7. The molecule has 9 aliphatic rings. The van der Waals surface area contributed by atoms with E-state index in [2.05, 4.69) is 26.8 Å². The van der Waals surface area contributed by atoms with Crippen LogP contribution in [-0.4, -0.2) is 255 Å². The third-order valence-electron chi connectivity index (χ3n) is 20.7. The van der Waals surface area contributed by atoms with Crippen LogP contribution >= 0.6 is 0 Å². The fourth-order valence-corrected chi connectivity index (χ4v) is 16.2. The largest absolute Gasteiger partial charge is 0.463 e. The van der Waals surface area contributed by atoms with Gasteiger partial charge in [0.05, 0.1) is 44.2 Å². The standard InChI is InChI=1S/C58H92O27/c1-23(21-75-52-45(70)43(68)41(66)35(19-59)79-52)12-15-58(73-9)24(2)39-34(85-58)18-33-31-11-10-29-16-30(64)17-38(57(29,8)32(31)13-14-56(33,39)7)82-55-51(50(78-28(6)63)48(77-27(5)62)37(81-55)22-74-26(4)61)84-54-47(72)49(40(65)25(3)76-54)83-53-46(71)44(69)42(67)36(20-60)80-53/h10,23-25,30-55,59-60,64-72H,11-22H2,1-9H3/t23-,24+,25+,30-,31-,32+,33+,34+,35-,36-,37-,38-,39+,40+,41-,42-,43+,44+,45-,46-,47-,48+,49-,50+,51-,52-,53+,54+,55+,56+,57+,58?/m1/s1. The summed E-state index contributed by atoms with van der Waals surface area (Å²) in [4.78, 5) is 38.5. The van der Waals surface area contributed by atoms with E-state index in [0.717, 1.165) is 52.0 Å². The van der Waals surface area contributed by atoms with Gasteiger partial charge in [0.1, 0.15) is 79.9 Å². The van der Waals surface area contributed by atoms with Crippen molar-refractivity contribution in [2.45, 2.75) is 254 Å². The van der Waals surface area contributed by atoms with E-state index in [1.807, 2.05) is 6.92 Å². The van der Waals surface area contributed by atoms with Crippen molar-refractivity contribution in [2.24, 2.45) is 46.3 Å². The summed E-state index contributed by atoms with van der Waals surface area (Å²) in [5.41, 5.74) is 0.0158. The SMILES string of the molecule is COC1(CC[C@@H](C)CO[C@@H]2O[C@H](CO)[C@@H](O)[C@H](O)[C@H]2O)O[C@H]2C[C@H]3[C@@H]4CC=C5C[C@@H](O)C[C@@H](O[C@@H]6O[C@H](COC(C)=O)[C@H](OC(C)=O)[C@H](OC(C)=O)[C@H]6O[C@@H]6O[C@@H](C)[C@H](O)[C@@H](O[C@@H]7O[C@H](CO)[C@@H](O)[C@H](O)[C@H]7O)[C@H]6O)[C@]5(C)[C@H]4CC[C@]3(C)[C@H]2[C@@H]1C. The molecule has 0 amide bonds. The van der Waals surface area contributed by atoms with Crippen LogP contribution in [0.25, 0.3) is 0 Å². The van der Waals surface area contributed by atoms with Gasteiger partial charge in [-0.15, -0.1) is 0 Å². The quantitative estimate of drug-likeness (QED) is 0.0391. The lowest BCUT2D eigenvalue weighted by atomic mass is 9.46. The summed E-state index contributed by atoms with van der Waals surface area (Å²) in [6.07, 6.45) is -26.9. The molecule has 32 atom stereocenters. The Labute approximate surface area is 493 Å². The van der Waals surface area contributed by atoms with Crippen LogP contribution in [0.5, 0.6) is 0 Å². The topological polar surface area (TPSA) is 394 Å². The summed E-state index contributed by atoms with van der Waals surface area (Å²) in [6.45, 7) is 11.7. The van der Waals surface area contributed by atoms with E-state index >= 15 is 0 Å². The number of rotatable bonds is 19. The summed E-state index contributed by atoms with van der Waals surface area (Å²) in [5.74, 6) is -3.06. The van der Waals surface area contributed by atoms with E-state index in [4.69, 9.17) is 61.6 Å². The Balaban J connectivity index is 0.964. The molecule has 9 rings (SSSR count). The smallest absolute Gasteiger partial charge is 0.303 e. The maximum atomic E-state index is 13.2. The molecule has 3 saturated carbocycles. The first-order valence-corrected chi connectivity index (χ1v) is 30.1. The van der Waals surface area contributed by atoms with Crippen molar-refractivity contribution in [3.63, 3.8) is 0 Å². The fourth-order valence-electron chi connectivity index (χ4n) is 16.2. The molecule has 8 fully saturated rings. The number of esters is 3. The zero-order chi connectivity index (χ0) is 61.9. The van der Waals surface area contributed by atoms with Crippen LogP contribution in [0.3, 0.4) is 0 Å². The number of fused-ring (bicyclic) bond motifs is 7. The highest BCUT2D eigenvalue weighted by Gasteiger charge is 2.70. The van der Waals surface area contributed by atoms with E-state index in [9.17, 15) is 70.6 Å². The minimum atomic E-state index is -1.98. The van der Waals surface area contributed by atoms with Crippen LogP contribution in [-0.2, 0) is 76.0 Å². The number of aliphatic hydroxyl groups is 11. The van der Waals surface area contributed by atoms with Crippen molar-refractivity contribution in [1.82, 2.24) is 0 Å². The molecule has 27 heteroatoms. The molecule has 0 spiro atoms. The maximum absolute atomic E-state index is 13.2. The number of hydrogen-bond donors (Lipinski definition) is 11. The summed E-state index contributed by atoms with van der Waals surface area (Å²) in [7, 11) is 1.67. The summed E-state index contributed by atoms with van der Waals surface area (Å²) < 4.78 is 80.0. The number of hydrogen-bond acceptors (Lipinski definition) is 27. The van der Waals surface area contributed by atoms with E-state index in [0.29, 0.717) is 19.3 Å². The maximum Gasteiger partial charge on any atom is 0.303 e. The van der Waals surface area contributed by atoms with Crippen molar-refractivity contribution in [3.8, 4) is 0 Å². The second-order valence-corrected chi connectivity index (χ2v) is 25.9. The van der Waals surface area contributed by atoms with Gasteiger partial charge in [-0.2, -0.15) is 0 Å². The van der Waals surface area contributed by atoms with Crippen molar-refractivity contribution < 1.29 is 132 Å². The molecule has 486 valence electrons. The Kier molecular flexibility index (Phi) is 20.9. The van der Waals surface area contributed by atoms with E-state index in [-0.39, 0.29) is 60.1 Å². The zero-order valence-corrected chi connectivity index (χ0v) is 49.8. The molecule has 5 saturated heterocycles. The lowest BCUT2D eigenvalue weighted by molar-refractivity contribution is -0.388. The van der Waals surface area contributed by atoms with Crippen molar-refractivity contribution in [2.75, 3.05) is 33.5 Å². The first-order valence-electron chi connectivity index (χ1n) is 30.1. The molecule has 0 aromatic heterocycles. The van der Waals surface area contributed by atoms with Crippen LogP contribution in [0.15, 0.2) is 11.6 Å². The number of carbonyl (C=O) groups is 3. The zero-order valence-electron chi connectivity index (χ0n) is 49.8. The highest BCUT2D eigenvalue weighted by molar-refractivity contribution is 5.68. The van der Waals surface area contributed by atoms with Crippen LogP contribution in [0.4, 0.5) is 0 Å². The van der Waals surface area contributed by atoms with Gasteiger partial charge in [-0.1, -0.05) is 39.3 Å². The van der Waals surface area contributed by atoms with E-state index in [1.165, 1.54) is 6.92 Å². The fraction of sp³-hybridized carbons (Fsp3) is 0.914. The Morgan fingerprint density at radius 3 is 1.89 bits per heavy atom. The van der Waals surface area contributed by atoms with Crippen LogP contribution in [0, 0.1) is 46.3 Å². The molecular formula is C58H92O27. The first-order chi connectivity index (χ1) is 40.1. The molecule has 0 aromatic carbocycles. The molecule has 0 aromatic rings. The predicted octanol–water partition coefficient (Wildman–Crippen LogP) is -1.67. The second kappa shape index (κ2) is 26.6. The van der Waals surface area contributed by atoms with E-state index < -0.39 is 184 Å². The highest BCUT2D eigenvalue weighted by atomic mass is 16.8. The molecule has 27 nitrogen and oxygen atoms in total. The van der Waals surface area contributed by atoms with Gasteiger partial charge in [0.2, 0.25) is 0 Å². The van der Waals surface area contributed by atoms with Crippen LogP contribution in [0.2, 0.25) is 0 Å². The normalized spacial score (nSPS) is 50.0. The minimum absolute atomic E-state index is 0.0158. The molecule has 1 unspecified atom stereocenters. The van der Waals surface area contributed by atoms with Crippen LogP contribution in [0.1, 0.15) is 107 Å². The number of methoxy groups -OCH3 is 1. The minimum Gasteiger partial charge on any atom is -0.463 e. The third kappa shape index (κ3) is 12.7.